The van der Waals surface area contributed by atoms with Crippen molar-refractivity contribution in [1.29, 1.82) is 0 Å². The summed E-state index contributed by atoms with van der Waals surface area (Å²) in [5, 5.41) is 11.4. The van der Waals surface area contributed by atoms with E-state index < -0.39 is 4.92 Å². The number of carbonyl (C=O) groups excluding carboxylic acids is 1. The Morgan fingerprint density at radius 2 is 1.94 bits per heavy atom. The summed E-state index contributed by atoms with van der Waals surface area (Å²) in [4.78, 5) is 32.1. The van der Waals surface area contributed by atoms with Crippen molar-refractivity contribution in [2.45, 2.75) is 6.42 Å². The van der Waals surface area contributed by atoms with Crippen LogP contribution in [0.25, 0.3) is 10.2 Å². The van der Waals surface area contributed by atoms with Crippen molar-refractivity contribution in [3.8, 4) is 0 Å². The molecule has 0 aliphatic carbocycles. The second-order valence-electron chi connectivity index (χ2n) is 7.18. The molecule has 170 valence electrons. The van der Waals surface area contributed by atoms with Crippen molar-refractivity contribution in [2.75, 3.05) is 44.3 Å². The quantitative estimate of drug-likeness (QED) is 0.373. The summed E-state index contributed by atoms with van der Waals surface area (Å²) < 4.78 is 19.6. The molecule has 1 amide bonds. The van der Waals surface area contributed by atoms with E-state index in [0.717, 1.165) is 26.1 Å². The van der Waals surface area contributed by atoms with Gasteiger partial charge in [-0.1, -0.05) is 11.3 Å². The fourth-order valence-corrected chi connectivity index (χ4v) is 4.46. The first kappa shape index (κ1) is 24.0. The molecule has 3 aromatic rings. The van der Waals surface area contributed by atoms with Gasteiger partial charge in [-0.25, -0.2) is 9.37 Å². The molecule has 1 aliphatic rings. The lowest BCUT2D eigenvalue weighted by Crippen LogP contribution is -2.39. The van der Waals surface area contributed by atoms with Gasteiger partial charge in [0.1, 0.15) is 5.82 Å². The minimum absolute atomic E-state index is 0. The van der Waals surface area contributed by atoms with Gasteiger partial charge in [0.05, 0.1) is 28.4 Å². The highest BCUT2D eigenvalue weighted by Gasteiger charge is 2.22. The SMILES string of the molecule is Cl.O=C(c1ccc([N+](=O)[O-])cc1)N(CCCN1CCOCC1)c1nc2ccc(F)cc2s1. The highest BCUT2D eigenvalue weighted by Crippen LogP contribution is 2.30. The van der Waals surface area contributed by atoms with Gasteiger partial charge in [-0.15, -0.1) is 12.4 Å². The summed E-state index contributed by atoms with van der Waals surface area (Å²) in [6.07, 6.45) is 0.725. The van der Waals surface area contributed by atoms with E-state index in [9.17, 15) is 19.3 Å². The van der Waals surface area contributed by atoms with Gasteiger partial charge in [0, 0.05) is 43.9 Å². The molecule has 0 spiro atoms. The van der Waals surface area contributed by atoms with Crippen LogP contribution in [-0.2, 0) is 4.74 Å². The van der Waals surface area contributed by atoms with Gasteiger partial charge in [0.25, 0.3) is 11.6 Å². The van der Waals surface area contributed by atoms with Crippen molar-refractivity contribution in [2.24, 2.45) is 0 Å². The Hall–Kier alpha value is -2.66. The number of nitro benzene ring substituents is 1. The standard InChI is InChI=1S/C21H21FN4O4S.ClH/c22-16-4-7-18-19(14-16)31-21(23-18)25(9-1-8-24-10-12-30-13-11-24)20(27)15-2-5-17(6-3-15)26(28)29;/h2-7,14H,1,8-13H2;1H. The number of amides is 1. The smallest absolute Gasteiger partial charge is 0.269 e. The molecule has 1 aliphatic heterocycles. The summed E-state index contributed by atoms with van der Waals surface area (Å²) in [6.45, 7) is 4.36. The van der Waals surface area contributed by atoms with Crippen molar-refractivity contribution in [3.63, 3.8) is 0 Å². The molecule has 0 radical (unpaired) electrons. The van der Waals surface area contributed by atoms with Gasteiger partial charge >= 0.3 is 0 Å². The van der Waals surface area contributed by atoms with E-state index in [4.69, 9.17) is 4.74 Å². The zero-order valence-electron chi connectivity index (χ0n) is 17.1. The van der Waals surface area contributed by atoms with Crippen LogP contribution in [0.1, 0.15) is 16.8 Å². The first-order valence-corrected chi connectivity index (χ1v) is 10.8. The van der Waals surface area contributed by atoms with E-state index in [2.05, 4.69) is 9.88 Å². The number of carbonyl (C=O) groups is 1. The molecular weight excluding hydrogens is 459 g/mol. The van der Waals surface area contributed by atoms with E-state index in [1.54, 1.807) is 11.0 Å². The third kappa shape index (κ3) is 5.57. The van der Waals surface area contributed by atoms with E-state index in [1.807, 2.05) is 0 Å². The highest BCUT2D eigenvalue weighted by molar-refractivity contribution is 7.22. The van der Waals surface area contributed by atoms with Gasteiger partial charge in [-0.2, -0.15) is 0 Å². The Labute approximate surface area is 194 Å². The molecule has 2 aromatic carbocycles. The van der Waals surface area contributed by atoms with Crippen molar-refractivity contribution < 1.29 is 18.8 Å². The van der Waals surface area contributed by atoms with Crippen LogP contribution >= 0.6 is 23.7 Å². The lowest BCUT2D eigenvalue weighted by molar-refractivity contribution is -0.384. The number of anilines is 1. The number of hydrogen-bond donors (Lipinski definition) is 0. The second kappa shape index (κ2) is 10.8. The van der Waals surface area contributed by atoms with E-state index in [-0.39, 0.29) is 29.8 Å². The molecule has 32 heavy (non-hydrogen) atoms. The number of nitro groups is 1. The molecule has 1 saturated heterocycles. The number of fused-ring (bicyclic) bond motifs is 1. The van der Waals surface area contributed by atoms with Crippen LogP contribution in [0.2, 0.25) is 0 Å². The first-order chi connectivity index (χ1) is 15.0. The first-order valence-electron chi connectivity index (χ1n) is 9.94. The average Bonchev–Trinajstić information content (AvgIpc) is 3.20. The van der Waals surface area contributed by atoms with Crippen LogP contribution in [0.4, 0.5) is 15.2 Å². The lowest BCUT2D eigenvalue weighted by Gasteiger charge is -2.27. The third-order valence-corrected chi connectivity index (χ3v) is 6.14. The molecule has 0 N–H and O–H groups in total. The third-order valence-electron chi connectivity index (χ3n) is 5.10. The fourth-order valence-electron chi connectivity index (χ4n) is 3.44. The van der Waals surface area contributed by atoms with Crippen LogP contribution in [-0.4, -0.2) is 60.1 Å². The Bertz CT molecular complexity index is 1090. The zero-order chi connectivity index (χ0) is 21.8. The van der Waals surface area contributed by atoms with Gasteiger partial charge in [-0.05, 0) is 36.8 Å². The lowest BCUT2D eigenvalue weighted by atomic mass is 10.2. The summed E-state index contributed by atoms with van der Waals surface area (Å²) in [5.41, 5.74) is 0.879. The van der Waals surface area contributed by atoms with Gasteiger partial charge in [0.2, 0.25) is 0 Å². The van der Waals surface area contributed by atoms with E-state index >= 15 is 0 Å². The van der Waals surface area contributed by atoms with Crippen molar-refractivity contribution >= 4 is 50.7 Å². The topological polar surface area (TPSA) is 88.8 Å². The number of ether oxygens (including phenoxy) is 1. The number of non-ortho nitro benzene ring substituents is 1. The Kier molecular flexibility index (Phi) is 8.08. The maximum absolute atomic E-state index is 13.6. The maximum atomic E-state index is 13.6. The minimum atomic E-state index is -0.504. The molecule has 0 bridgehead atoms. The van der Waals surface area contributed by atoms with Crippen LogP contribution in [0.15, 0.2) is 42.5 Å². The molecule has 11 heteroatoms. The molecule has 1 aromatic heterocycles. The number of nitrogens with zero attached hydrogens (tertiary/aromatic N) is 4. The Balaban J connectivity index is 0.00000289. The predicted octanol–water partition coefficient (Wildman–Crippen LogP) is 4.13. The zero-order valence-corrected chi connectivity index (χ0v) is 18.7. The van der Waals surface area contributed by atoms with Gasteiger partial charge in [0.15, 0.2) is 5.13 Å². The number of thiazole rings is 1. The highest BCUT2D eigenvalue weighted by atomic mass is 35.5. The Morgan fingerprint density at radius 1 is 1.22 bits per heavy atom. The Morgan fingerprint density at radius 3 is 2.62 bits per heavy atom. The largest absolute Gasteiger partial charge is 0.379 e. The number of aromatic nitrogens is 1. The number of rotatable bonds is 7. The fraction of sp³-hybridized carbons (Fsp3) is 0.333. The minimum Gasteiger partial charge on any atom is -0.379 e. The summed E-state index contributed by atoms with van der Waals surface area (Å²) in [5.74, 6) is -0.653. The summed E-state index contributed by atoms with van der Waals surface area (Å²) in [6, 6.07) is 9.85. The monoisotopic (exact) mass is 480 g/mol. The molecule has 1 fully saturated rings. The maximum Gasteiger partial charge on any atom is 0.269 e. The van der Waals surface area contributed by atoms with Crippen LogP contribution in [0.5, 0.6) is 0 Å². The van der Waals surface area contributed by atoms with E-state index in [1.165, 1.54) is 47.7 Å². The van der Waals surface area contributed by atoms with E-state index in [0.29, 0.717) is 40.7 Å². The number of hydrogen-bond acceptors (Lipinski definition) is 7. The molecule has 4 rings (SSSR count). The second-order valence-corrected chi connectivity index (χ2v) is 8.19. The molecule has 0 atom stereocenters. The number of benzene rings is 2. The predicted molar refractivity (Wildman–Crippen MR) is 123 cm³/mol. The molecule has 0 saturated carbocycles. The normalized spacial score (nSPS) is 14.2. The summed E-state index contributed by atoms with van der Waals surface area (Å²) >= 11 is 1.25. The van der Waals surface area contributed by atoms with Crippen molar-refractivity contribution in [3.05, 3.63) is 64.0 Å². The summed E-state index contributed by atoms with van der Waals surface area (Å²) in [7, 11) is 0. The van der Waals surface area contributed by atoms with Gasteiger partial charge in [-0.3, -0.25) is 24.7 Å². The molecule has 8 nitrogen and oxygen atoms in total. The molecule has 2 heterocycles. The van der Waals surface area contributed by atoms with Crippen LogP contribution < -0.4 is 4.90 Å². The average molecular weight is 481 g/mol. The number of halogens is 2. The van der Waals surface area contributed by atoms with Crippen molar-refractivity contribution in [1.82, 2.24) is 9.88 Å². The molecular formula is C21H22ClFN4O4S. The number of morpholine rings is 1. The molecule has 0 unspecified atom stereocenters. The van der Waals surface area contributed by atoms with Crippen LogP contribution in [0, 0.1) is 15.9 Å². The van der Waals surface area contributed by atoms with Crippen LogP contribution in [0.3, 0.4) is 0 Å². The van der Waals surface area contributed by atoms with Gasteiger partial charge < -0.3 is 4.74 Å².